The number of nitrogens with two attached hydrogens (primary N) is 1. The van der Waals surface area contributed by atoms with Gasteiger partial charge >= 0.3 is 0 Å². The zero-order valence-corrected chi connectivity index (χ0v) is 7.84. The van der Waals surface area contributed by atoms with Crippen LogP contribution in [-0.2, 0) is 0 Å². The maximum atomic E-state index is 2.61. The van der Waals surface area contributed by atoms with Crippen LogP contribution in [0.2, 0.25) is 0 Å². The molecule has 0 bridgehead atoms. The summed E-state index contributed by atoms with van der Waals surface area (Å²) in [7, 11) is 0. The lowest BCUT2D eigenvalue weighted by Gasteiger charge is -2.23. The molecule has 0 radical (unpaired) electrons. The van der Waals surface area contributed by atoms with Crippen LogP contribution in [-0.4, -0.2) is 37.6 Å². The van der Waals surface area contributed by atoms with E-state index in [4.69, 9.17) is 0 Å². The molecule has 2 N–H and O–H groups in total. The van der Waals surface area contributed by atoms with Crippen LogP contribution >= 0.6 is 0 Å². The van der Waals surface area contributed by atoms with Gasteiger partial charge in [0.25, 0.3) is 0 Å². The number of nitrogens with zero attached hydrogens (tertiary/aromatic N) is 1. The topological polar surface area (TPSA) is 19.9 Å². The van der Waals surface area contributed by atoms with E-state index in [1.54, 1.807) is 0 Å². The first-order chi connectivity index (χ1) is 5.95. The summed E-state index contributed by atoms with van der Waals surface area (Å²) in [6.07, 6.45) is 6.61. The summed E-state index contributed by atoms with van der Waals surface area (Å²) in [5.41, 5.74) is 0. The second-order valence-corrected chi connectivity index (χ2v) is 4.15. The standard InChI is InChI=1S/C10H19N2/c1-2-8-12(7-1)9-10-3-5-11-6-4-10/h1,10-11H,2-9H2/q+1/p+1. The second kappa shape index (κ2) is 4.15. The summed E-state index contributed by atoms with van der Waals surface area (Å²) in [6.45, 7) is 6.66. The van der Waals surface area contributed by atoms with Gasteiger partial charge in [-0.25, -0.2) is 0 Å². The Balaban J connectivity index is 1.69. The molecule has 2 heterocycles. The molecular weight excluding hydrogens is 148 g/mol. The minimum absolute atomic E-state index is 1.00. The maximum Gasteiger partial charge on any atom is 0.141 e. The highest BCUT2D eigenvalue weighted by Crippen LogP contribution is 2.14. The summed E-state index contributed by atoms with van der Waals surface area (Å²) in [4.78, 5) is 2.61. The molecule has 0 spiro atoms. The van der Waals surface area contributed by atoms with Crippen molar-refractivity contribution in [1.82, 2.24) is 4.90 Å². The highest BCUT2D eigenvalue weighted by atomic mass is 15.1. The van der Waals surface area contributed by atoms with E-state index >= 15 is 0 Å². The van der Waals surface area contributed by atoms with Gasteiger partial charge in [-0.15, -0.1) is 0 Å². The van der Waals surface area contributed by atoms with Gasteiger partial charge in [0.05, 0.1) is 19.5 Å². The van der Waals surface area contributed by atoms with Crippen molar-refractivity contribution < 1.29 is 5.32 Å². The Kier molecular flexibility index (Phi) is 2.90. The van der Waals surface area contributed by atoms with E-state index in [0.717, 1.165) is 5.92 Å². The number of rotatable bonds is 2. The molecule has 68 valence electrons. The SMILES string of the molecule is [CH+]1CCN(CC2CC[NH2+]CC2)C1. The number of piperidine rings is 1. The third-order valence-electron chi connectivity index (χ3n) is 3.11. The summed E-state index contributed by atoms with van der Waals surface area (Å²) < 4.78 is 0. The minimum Gasteiger partial charge on any atom is -0.346 e. The molecule has 0 aromatic heterocycles. The fraction of sp³-hybridized carbons (Fsp3) is 0.900. The average Bonchev–Trinajstić information content (AvgIpc) is 2.59. The smallest absolute Gasteiger partial charge is 0.141 e. The monoisotopic (exact) mass is 168 g/mol. The molecule has 2 rings (SSSR count). The van der Waals surface area contributed by atoms with E-state index < -0.39 is 0 Å². The highest BCUT2D eigenvalue weighted by molar-refractivity contribution is 4.82. The van der Waals surface area contributed by atoms with Gasteiger partial charge in [0.2, 0.25) is 0 Å². The fourth-order valence-electron chi connectivity index (χ4n) is 2.35. The van der Waals surface area contributed by atoms with Gasteiger partial charge in [-0.2, -0.15) is 0 Å². The molecule has 0 aromatic rings. The van der Waals surface area contributed by atoms with E-state index in [1.165, 1.54) is 52.0 Å². The van der Waals surface area contributed by atoms with E-state index in [1.807, 2.05) is 0 Å². The van der Waals surface area contributed by atoms with Crippen LogP contribution in [0.5, 0.6) is 0 Å². The largest absolute Gasteiger partial charge is 0.346 e. The first-order valence-electron chi connectivity index (χ1n) is 5.31. The van der Waals surface area contributed by atoms with Gasteiger partial charge in [-0.1, -0.05) is 0 Å². The van der Waals surface area contributed by atoms with E-state index in [0.29, 0.717) is 0 Å². The molecule has 0 saturated carbocycles. The van der Waals surface area contributed by atoms with Crippen molar-refractivity contribution in [1.29, 1.82) is 0 Å². The van der Waals surface area contributed by atoms with Crippen LogP contribution < -0.4 is 5.32 Å². The van der Waals surface area contributed by atoms with Gasteiger partial charge in [-0.3, -0.25) is 4.90 Å². The van der Waals surface area contributed by atoms with Gasteiger partial charge in [0.15, 0.2) is 0 Å². The molecule has 2 aliphatic rings. The maximum absolute atomic E-state index is 2.61. The number of quaternary nitrogens is 1. The molecule has 2 nitrogen and oxygen atoms in total. The van der Waals surface area contributed by atoms with Crippen LogP contribution in [0.1, 0.15) is 19.3 Å². The van der Waals surface area contributed by atoms with Crippen LogP contribution in [0, 0.1) is 12.3 Å². The van der Waals surface area contributed by atoms with Crippen LogP contribution in [0.4, 0.5) is 0 Å². The second-order valence-electron chi connectivity index (χ2n) is 4.15. The third kappa shape index (κ3) is 2.14. The molecule has 0 aromatic carbocycles. The Morgan fingerprint density at radius 1 is 1.33 bits per heavy atom. The summed E-state index contributed by atoms with van der Waals surface area (Å²) in [5, 5.41) is 2.45. The number of hydrogen-bond donors (Lipinski definition) is 1. The van der Waals surface area contributed by atoms with Gasteiger partial charge in [0, 0.05) is 25.9 Å². The van der Waals surface area contributed by atoms with E-state index in [-0.39, 0.29) is 0 Å². The zero-order valence-electron chi connectivity index (χ0n) is 7.84. The Hall–Kier alpha value is -0.210. The molecule has 0 unspecified atom stereocenters. The van der Waals surface area contributed by atoms with Crippen molar-refractivity contribution in [2.24, 2.45) is 5.92 Å². The summed E-state index contributed by atoms with van der Waals surface area (Å²) >= 11 is 0. The Morgan fingerprint density at radius 2 is 2.17 bits per heavy atom. The molecule has 2 saturated heterocycles. The average molecular weight is 168 g/mol. The predicted molar refractivity (Wildman–Crippen MR) is 49.7 cm³/mol. The zero-order chi connectivity index (χ0) is 8.23. The van der Waals surface area contributed by atoms with Gasteiger partial charge < -0.3 is 5.32 Å². The van der Waals surface area contributed by atoms with Crippen molar-refractivity contribution in [3.05, 3.63) is 6.42 Å². The number of hydrogen-bond acceptors (Lipinski definition) is 1. The first-order valence-corrected chi connectivity index (χ1v) is 5.31. The molecule has 0 atom stereocenters. The lowest BCUT2D eigenvalue weighted by Crippen LogP contribution is -2.86. The van der Waals surface area contributed by atoms with Crippen molar-refractivity contribution in [2.45, 2.75) is 19.3 Å². The summed E-state index contributed by atoms with van der Waals surface area (Å²) in [6, 6.07) is 0. The molecule has 2 heteroatoms. The molecule has 0 amide bonds. The van der Waals surface area contributed by atoms with Crippen molar-refractivity contribution >= 4 is 0 Å². The quantitative estimate of drug-likeness (QED) is 0.569. The van der Waals surface area contributed by atoms with E-state index in [9.17, 15) is 0 Å². The first kappa shape index (κ1) is 8.39. The van der Waals surface area contributed by atoms with Crippen LogP contribution in [0.15, 0.2) is 0 Å². The lowest BCUT2D eigenvalue weighted by molar-refractivity contribution is -0.664. The molecular formula is C10H20N2+2. The molecule has 2 aliphatic heterocycles. The van der Waals surface area contributed by atoms with Crippen molar-refractivity contribution in [2.75, 3.05) is 32.7 Å². The highest BCUT2D eigenvalue weighted by Gasteiger charge is 2.24. The third-order valence-corrected chi connectivity index (χ3v) is 3.11. The van der Waals surface area contributed by atoms with E-state index in [2.05, 4.69) is 16.6 Å². The van der Waals surface area contributed by atoms with Crippen molar-refractivity contribution in [3.8, 4) is 0 Å². The van der Waals surface area contributed by atoms with Gasteiger partial charge in [0.1, 0.15) is 13.0 Å². The Bertz CT molecular complexity index is 124. The molecule has 2 fully saturated rings. The fourth-order valence-corrected chi connectivity index (χ4v) is 2.35. The molecule has 12 heavy (non-hydrogen) atoms. The minimum atomic E-state index is 1.00. The van der Waals surface area contributed by atoms with Crippen molar-refractivity contribution in [3.63, 3.8) is 0 Å². The molecule has 0 aliphatic carbocycles. The Labute approximate surface area is 75.3 Å². The van der Waals surface area contributed by atoms with Gasteiger partial charge in [-0.05, 0) is 5.92 Å². The Morgan fingerprint density at radius 3 is 2.83 bits per heavy atom. The lowest BCUT2D eigenvalue weighted by atomic mass is 9.98. The van der Waals surface area contributed by atoms with Crippen LogP contribution in [0.25, 0.3) is 0 Å². The normalized spacial score (nSPS) is 27.3. The summed E-state index contributed by atoms with van der Waals surface area (Å²) in [5.74, 6) is 1.00. The predicted octanol–water partition coefficient (Wildman–Crippen LogP) is -0.130. The number of likely N-dealkylation sites (tertiary alicyclic amines) is 1. The van der Waals surface area contributed by atoms with Crippen LogP contribution in [0.3, 0.4) is 0 Å².